The van der Waals surface area contributed by atoms with E-state index in [9.17, 15) is 4.79 Å². The lowest BCUT2D eigenvalue weighted by Gasteiger charge is -2.04. The highest BCUT2D eigenvalue weighted by atomic mass is 32.1. The number of aromatic nitrogens is 1. The molecule has 0 aliphatic carbocycles. The molecule has 2 N–H and O–H groups in total. The van der Waals surface area contributed by atoms with Gasteiger partial charge in [-0.25, -0.2) is 4.79 Å². The predicted molar refractivity (Wildman–Crippen MR) is 66.2 cm³/mol. The molecule has 0 saturated heterocycles. The molecular weight excluding hydrogens is 238 g/mol. The van der Waals surface area contributed by atoms with Crippen LogP contribution in [0.2, 0.25) is 0 Å². The first kappa shape index (κ1) is 11.7. The van der Waals surface area contributed by atoms with Crippen molar-refractivity contribution in [2.24, 2.45) is 0 Å². The second kappa shape index (κ2) is 5.01. The van der Waals surface area contributed by atoms with E-state index in [2.05, 4.69) is 15.8 Å². The van der Waals surface area contributed by atoms with Gasteiger partial charge in [0, 0.05) is 10.9 Å². The van der Waals surface area contributed by atoms with Crippen LogP contribution in [0.1, 0.15) is 16.2 Å². The third-order valence-electron chi connectivity index (χ3n) is 2.25. The Hall–Kier alpha value is -1.82. The van der Waals surface area contributed by atoms with Gasteiger partial charge in [-0.1, -0.05) is 5.16 Å². The fourth-order valence-electron chi connectivity index (χ4n) is 1.33. The van der Waals surface area contributed by atoms with Gasteiger partial charge in [0.15, 0.2) is 5.82 Å². The first-order valence-electron chi connectivity index (χ1n) is 5.16. The summed E-state index contributed by atoms with van der Waals surface area (Å²) in [6.07, 6.45) is 0. The molecule has 5 nitrogen and oxygen atoms in total. The largest absolute Gasteiger partial charge is 0.360 e. The standard InChI is InChI=1S/C11H13N3O2S/c1-7-3-4-17-9(7)6-12-11(15)13-10-5-8(2)16-14-10/h3-5H,6H2,1-2H3,(H2,12,13,14,15). The fourth-order valence-corrected chi connectivity index (χ4v) is 2.18. The van der Waals surface area contributed by atoms with Crippen molar-refractivity contribution in [3.63, 3.8) is 0 Å². The number of nitrogens with one attached hydrogen (secondary N) is 2. The van der Waals surface area contributed by atoms with E-state index in [1.54, 1.807) is 24.3 Å². The zero-order valence-electron chi connectivity index (χ0n) is 9.61. The molecule has 0 saturated carbocycles. The smallest absolute Gasteiger partial charge is 0.320 e. The van der Waals surface area contributed by atoms with Gasteiger partial charge in [-0.15, -0.1) is 11.3 Å². The number of carbonyl (C=O) groups is 1. The molecule has 2 heterocycles. The minimum Gasteiger partial charge on any atom is -0.360 e. The first-order chi connectivity index (χ1) is 8.15. The van der Waals surface area contributed by atoms with Gasteiger partial charge in [-0.3, -0.25) is 5.32 Å². The summed E-state index contributed by atoms with van der Waals surface area (Å²) >= 11 is 1.63. The van der Waals surface area contributed by atoms with Crippen LogP contribution in [0.25, 0.3) is 0 Å². The Kier molecular flexibility index (Phi) is 3.43. The SMILES string of the molecule is Cc1cc(NC(=O)NCc2sccc2C)no1. The van der Waals surface area contributed by atoms with Crippen LogP contribution in [-0.4, -0.2) is 11.2 Å². The minimum atomic E-state index is -0.286. The molecule has 2 aromatic heterocycles. The molecule has 0 fully saturated rings. The number of carbonyl (C=O) groups excluding carboxylic acids is 1. The van der Waals surface area contributed by atoms with Gasteiger partial charge in [0.2, 0.25) is 0 Å². The number of urea groups is 1. The van der Waals surface area contributed by atoms with Gasteiger partial charge in [0.1, 0.15) is 5.76 Å². The zero-order valence-corrected chi connectivity index (χ0v) is 10.4. The molecule has 0 bridgehead atoms. The van der Waals surface area contributed by atoms with Crippen molar-refractivity contribution < 1.29 is 9.32 Å². The highest BCUT2D eigenvalue weighted by Gasteiger charge is 2.06. The van der Waals surface area contributed by atoms with E-state index in [0.29, 0.717) is 18.1 Å². The number of hydrogen-bond acceptors (Lipinski definition) is 4. The molecule has 0 aliphatic heterocycles. The molecule has 2 rings (SSSR count). The minimum absolute atomic E-state index is 0.286. The van der Waals surface area contributed by atoms with Crippen molar-refractivity contribution in [1.82, 2.24) is 10.5 Å². The van der Waals surface area contributed by atoms with Gasteiger partial charge in [-0.05, 0) is 30.9 Å². The van der Waals surface area contributed by atoms with Crippen LogP contribution in [-0.2, 0) is 6.54 Å². The van der Waals surface area contributed by atoms with Crippen LogP contribution in [0.5, 0.6) is 0 Å². The molecule has 0 unspecified atom stereocenters. The van der Waals surface area contributed by atoms with Crippen LogP contribution < -0.4 is 10.6 Å². The Balaban J connectivity index is 1.84. The molecule has 2 amide bonds. The number of rotatable bonds is 3. The van der Waals surface area contributed by atoms with Gasteiger partial charge < -0.3 is 9.84 Å². The summed E-state index contributed by atoms with van der Waals surface area (Å²) in [7, 11) is 0. The highest BCUT2D eigenvalue weighted by molar-refractivity contribution is 7.10. The molecule has 0 aromatic carbocycles. The summed E-state index contributed by atoms with van der Waals surface area (Å²) in [4.78, 5) is 12.7. The Morgan fingerprint density at radius 3 is 2.94 bits per heavy atom. The number of nitrogens with zero attached hydrogens (tertiary/aromatic N) is 1. The molecular formula is C11H13N3O2S. The maximum absolute atomic E-state index is 11.5. The summed E-state index contributed by atoms with van der Waals surface area (Å²) in [5.41, 5.74) is 1.19. The maximum atomic E-state index is 11.5. The van der Waals surface area contributed by atoms with Gasteiger partial charge in [0.25, 0.3) is 0 Å². The third-order valence-corrected chi connectivity index (χ3v) is 3.27. The summed E-state index contributed by atoms with van der Waals surface area (Å²) in [6.45, 7) is 4.31. The van der Waals surface area contributed by atoms with E-state index in [1.165, 1.54) is 5.56 Å². The van der Waals surface area contributed by atoms with Crippen LogP contribution in [0, 0.1) is 13.8 Å². The van der Waals surface area contributed by atoms with Crippen molar-refractivity contribution >= 4 is 23.2 Å². The van der Waals surface area contributed by atoms with Crippen LogP contribution in [0.3, 0.4) is 0 Å². The number of amides is 2. The van der Waals surface area contributed by atoms with Crippen LogP contribution in [0.4, 0.5) is 10.6 Å². The van der Waals surface area contributed by atoms with Gasteiger partial charge >= 0.3 is 6.03 Å². The zero-order chi connectivity index (χ0) is 12.3. The predicted octanol–water partition coefficient (Wildman–Crippen LogP) is 2.67. The maximum Gasteiger partial charge on any atom is 0.320 e. The third kappa shape index (κ3) is 3.07. The highest BCUT2D eigenvalue weighted by Crippen LogP contribution is 2.14. The van der Waals surface area contributed by atoms with E-state index >= 15 is 0 Å². The average molecular weight is 251 g/mol. The molecule has 2 aromatic rings. The Bertz CT molecular complexity index is 518. The fraction of sp³-hybridized carbons (Fsp3) is 0.273. The van der Waals surface area contributed by atoms with Crippen molar-refractivity contribution in [3.8, 4) is 0 Å². The molecule has 90 valence electrons. The van der Waals surface area contributed by atoms with E-state index in [-0.39, 0.29) is 6.03 Å². The van der Waals surface area contributed by atoms with E-state index < -0.39 is 0 Å². The van der Waals surface area contributed by atoms with Crippen molar-refractivity contribution in [2.75, 3.05) is 5.32 Å². The Labute approximate surface area is 103 Å². The monoisotopic (exact) mass is 251 g/mol. The summed E-state index contributed by atoms with van der Waals surface area (Å²) in [5, 5.41) is 11.0. The average Bonchev–Trinajstić information content (AvgIpc) is 2.85. The first-order valence-corrected chi connectivity index (χ1v) is 6.04. The second-order valence-electron chi connectivity index (χ2n) is 3.66. The molecule has 17 heavy (non-hydrogen) atoms. The van der Waals surface area contributed by atoms with Crippen LogP contribution >= 0.6 is 11.3 Å². The number of hydrogen-bond donors (Lipinski definition) is 2. The van der Waals surface area contributed by atoms with Crippen molar-refractivity contribution in [2.45, 2.75) is 20.4 Å². The van der Waals surface area contributed by atoms with E-state index in [0.717, 1.165) is 4.88 Å². The number of thiophene rings is 1. The summed E-state index contributed by atoms with van der Waals surface area (Å²) in [6, 6.07) is 3.41. The van der Waals surface area contributed by atoms with E-state index in [4.69, 9.17) is 4.52 Å². The number of aryl methyl sites for hydroxylation is 2. The van der Waals surface area contributed by atoms with Crippen molar-refractivity contribution in [3.05, 3.63) is 33.7 Å². The topological polar surface area (TPSA) is 67.2 Å². The Morgan fingerprint density at radius 1 is 1.53 bits per heavy atom. The summed E-state index contributed by atoms with van der Waals surface area (Å²) in [5.74, 6) is 1.08. The molecule has 0 atom stereocenters. The molecule has 0 aliphatic rings. The Morgan fingerprint density at radius 2 is 2.35 bits per heavy atom. The number of anilines is 1. The lowest BCUT2D eigenvalue weighted by atomic mass is 10.3. The van der Waals surface area contributed by atoms with Crippen LogP contribution in [0.15, 0.2) is 22.0 Å². The van der Waals surface area contributed by atoms with Gasteiger partial charge in [0.05, 0.1) is 6.54 Å². The lowest BCUT2D eigenvalue weighted by Crippen LogP contribution is -2.28. The lowest BCUT2D eigenvalue weighted by molar-refractivity contribution is 0.251. The van der Waals surface area contributed by atoms with E-state index in [1.807, 2.05) is 18.4 Å². The molecule has 0 radical (unpaired) electrons. The molecule has 6 heteroatoms. The van der Waals surface area contributed by atoms with Crippen molar-refractivity contribution in [1.29, 1.82) is 0 Å². The second-order valence-corrected chi connectivity index (χ2v) is 4.66. The summed E-state index contributed by atoms with van der Waals surface area (Å²) < 4.78 is 4.84. The van der Waals surface area contributed by atoms with Gasteiger partial charge in [-0.2, -0.15) is 0 Å². The quantitative estimate of drug-likeness (QED) is 0.881. The normalized spacial score (nSPS) is 10.2. The molecule has 0 spiro atoms.